The highest BCUT2D eigenvalue weighted by atomic mass is 79.9. The van der Waals surface area contributed by atoms with Crippen LogP contribution in [0.3, 0.4) is 0 Å². The highest BCUT2D eigenvalue weighted by Gasteiger charge is 2.13. The SMILES string of the molecule is Cc1cc(Br)ccc1C(O)Cc1ccc(F)cc1Cl. The Morgan fingerprint density at radius 2 is 2.00 bits per heavy atom. The molecular formula is C15H13BrClFO. The lowest BCUT2D eigenvalue weighted by atomic mass is 9.98. The Hall–Kier alpha value is -0.900. The average Bonchev–Trinajstić information content (AvgIpc) is 2.32. The summed E-state index contributed by atoms with van der Waals surface area (Å²) in [6.07, 6.45) is -0.294. The Morgan fingerprint density at radius 1 is 1.26 bits per heavy atom. The first kappa shape index (κ1) is 14.5. The number of rotatable bonds is 3. The van der Waals surface area contributed by atoms with Crippen LogP contribution in [0.1, 0.15) is 22.8 Å². The van der Waals surface area contributed by atoms with Crippen LogP contribution < -0.4 is 0 Å². The fourth-order valence-electron chi connectivity index (χ4n) is 2.02. The third-order valence-electron chi connectivity index (χ3n) is 3.02. The summed E-state index contributed by atoms with van der Waals surface area (Å²) >= 11 is 9.35. The number of hydrogen-bond donors (Lipinski definition) is 1. The molecule has 2 aromatic rings. The molecule has 19 heavy (non-hydrogen) atoms. The number of halogens is 3. The second-order valence-corrected chi connectivity index (χ2v) is 5.78. The van der Waals surface area contributed by atoms with Gasteiger partial charge >= 0.3 is 0 Å². The van der Waals surface area contributed by atoms with Gasteiger partial charge in [-0.1, -0.05) is 39.7 Å². The van der Waals surface area contributed by atoms with Crippen LogP contribution in [0.4, 0.5) is 4.39 Å². The fourth-order valence-corrected chi connectivity index (χ4v) is 2.74. The molecule has 0 aromatic heterocycles. The average molecular weight is 344 g/mol. The van der Waals surface area contributed by atoms with Crippen LogP contribution in [0.2, 0.25) is 5.02 Å². The molecule has 0 saturated heterocycles. The highest BCUT2D eigenvalue weighted by molar-refractivity contribution is 9.10. The van der Waals surface area contributed by atoms with Crippen LogP contribution in [-0.4, -0.2) is 5.11 Å². The Morgan fingerprint density at radius 3 is 2.63 bits per heavy atom. The zero-order valence-corrected chi connectivity index (χ0v) is 12.7. The predicted molar refractivity (Wildman–Crippen MR) is 79.0 cm³/mol. The largest absolute Gasteiger partial charge is 0.388 e. The highest BCUT2D eigenvalue weighted by Crippen LogP contribution is 2.27. The number of benzene rings is 2. The minimum absolute atomic E-state index is 0.341. The summed E-state index contributed by atoms with van der Waals surface area (Å²) in [7, 11) is 0. The molecule has 4 heteroatoms. The van der Waals surface area contributed by atoms with Crippen molar-refractivity contribution in [3.8, 4) is 0 Å². The topological polar surface area (TPSA) is 20.2 Å². The van der Waals surface area contributed by atoms with Gasteiger partial charge in [0.15, 0.2) is 0 Å². The maximum absolute atomic E-state index is 13.0. The van der Waals surface area contributed by atoms with Gasteiger partial charge in [-0.25, -0.2) is 4.39 Å². The van der Waals surface area contributed by atoms with E-state index >= 15 is 0 Å². The number of aryl methyl sites for hydroxylation is 1. The molecule has 100 valence electrons. The smallest absolute Gasteiger partial charge is 0.124 e. The van der Waals surface area contributed by atoms with Gasteiger partial charge in [-0.3, -0.25) is 0 Å². The van der Waals surface area contributed by atoms with Gasteiger partial charge in [-0.2, -0.15) is 0 Å². The molecule has 0 saturated carbocycles. The molecule has 0 aliphatic heterocycles. The van der Waals surface area contributed by atoms with Gasteiger partial charge < -0.3 is 5.11 Å². The van der Waals surface area contributed by atoms with Crippen LogP contribution in [0.5, 0.6) is 0 Å². The van der Waals surface area contributed by atoms with Crippen molar-refractivity contribution in [2.75, 3.05) is 0 Å². The van der Waals surface area contributed by atoms with Crippen molar-refractivity contribution in [2.45, 2.75) is 19.4 Å². The molecule has 0 heterocycles. The third kappa shape index (κ3) is 3.56. The van der Waals surface area contributed by atoms with E-state index < -0.39 is 6.10 Å². The Bertz CT molecular complexity index is 601. The zero-order chi connectivity index (χ0) is 14.0. The molecule has 2 aromatic carbocycles. The monoisotopic (exact) mass is 342 g/mol. The second-order valence-electron chi connectivity index (χ2n) is 4.46. The predicted octanol–water partition coefficient (Wildman–Crippen LogP) is 4.83. The van der Waals surface area contributed by atoms with Gasteiger partial charge in [0.25, 0.3) is 0 Å². The molecule has 0 spiro atoms. The number of aliphatic hydroxyl groups is 1. The lowest BCUT2D eigenvalue weighted by molar-refractivity contribution is 0.177. The molecule has 0 aliphatic carbocycles. The molecule has 1 nitrogen and oxygen atoms in total. The maximum atomic E-state index is 13.0. The molecule has 1 unspecified atom stereocenters. The summed E-state index contributed by atoms with van der Waals surface area (Å²) in [5, 5.41) is 10.6. The molecule has 0 aliphatic rings. The van der Waals surface area contributed by atoms with Crippen molar-refractivity contribution >= 4 is 27.5 Å². The molecule has 2 rings (SSSR count). The van der Waals surface area contributed by atoms with Crippen molar-refractivity contribution in [1.29, 1.82) is 0 Å². The third-order valence-corrected chi connectivity index (χ3v) is 3.86. The van der Waals surface area contributed by atoms with Crippen LogP contribution in [0.15, 0.2) is 40.9 Å². The van der Waals surface area contributed by atoms with Crippen LogP contribution in [0, 0.1) is 12.7 Å². The van der Waals surface area contributed by atoms with E-state index in [0.29, 0.717) is 11.4 Å². The van der Waals surface area contributed by atoms with Gasteiger partial charge in [0.2, 0.25) is 0 Å². The molecule has 0 fully saturated rings. The molecule has 0 amide bonds. The van der Waals surface area contributed by atoms with Crippen LogP contribution in [-0.2, 0) is 6.42 Å². The minimum atomic E-state index is -0.656. The first-order valence-corrected chi connectivity index (χ1v) is 7.02. The lowest BCUT2D eigenvalue weighted by Crippen LogP contribution is -2.04. The van der Waals surface area contributed by atoms with Crippen LogP contribution >= 0.6 is 27.5 Å². The number of hydrogen-bond acceptors (Lipinski definition) is 1. The summed E-state index contributed by atoms with van der Waals surface area (Å²) in [5.74, 6) is -0.372. The van der Waals surface area contributed by atoms with Gasteiger partial charge in [-0.05, 0) is 47.9 Å². The maximum Gasteiger partial charge on any atom is 0.124 e. The zero-order valence-electron chi connectivity index (χ0n) is 10.3. The van der Waals surface area contributed by atoms with Crippen molar-refractivity contribution in [3.05, 3.63) is 68.4 Å². The first-order chi connectivity index (χ1) is 8.97. The van der Waals surface area contributed by atoms with Crippen molar-refractivity contribution in [3.63, 3.8) is 0 Å². The summed E-state index contributed by atoms with van der Waals surface area (Å²) in [4.78, 5) is 0. The summed E-state index contributed by atoms with van der Waals surface area (Å²) in [6.45, 7) is 1.94. The summed E-state index contributed by atoms with van der Waals surface area (Å²) in [5.41, 5.74) is 2.58. The van der Waals surface area contributed by atoms with Gasteiger partial charge in [0.1, 0.15) is 5.82 Å². The van der Waals surface area contributed by atoms with Crippen LogP contribution in [0.25, 0.3) is 0 Å². The molecular weight excluding hydrogens is 331 g/mol. The molecule has 0 radical (unpaired) electrons. The summed E-state index contributed by atoms with van der Waals surface area (Å²) in [6, 6.07) is 9.93. The van der Waals surface area contributed by atoms with E-state index in [0.717, 1.165) is 21.2 Å². The van der Waals surface area contributed by atoms with E-state index in [-0.39, 0.29) is 5.82 Å². The Kier molecular flexibility index (Phi) is 4.61. The normalized spacial score (nSPS) is 12.5. The van der Waals surface area contributed by atoms with E-state index in [4.69, 9.17) is 11.6 Å². The van der Waals surface area contributed by atoms with Crippen molar-refractivity contribution in [1.82, 2.24) is 0 Å². The van der Waals surface area contributed by atoms with Gasteiger partial charge in [0.05, 0.1) is 6.10 Å². The van der Waals surface area contributed by atoms with E-state index in [9.17, 15) is 9.50 Å². The van der Waals surface area contributed by atoms with E-state index in [1.165, 1.54) is 12.1 Å². The standard InChI is InChI=1S/C15H13BrClFO/c1-9-6-11(16)3-5-13(9)15(19)7-10-2-4-12(18)8-14(10)17/h2-6,8,15,19H,7H2,1H3. The van der Waals surface area contributed by atoms with Gasteiger partial charge in [0, 0.05) is 15.9 Å². The molecule has 0 bridgehead atoms. The molecule has 1 N–H and O–H groups in total. The van der Waals surface area contributed by atoms with Crippen molar-refractivity contribution in [2.24, 2.45) is 0 Å². The second kappa shape index (κ2) is 6.04. The molecule has 1 atom stereocenters. The minimum Gasteiger partial charge on any atom is -0.388 e. The Balaban J connectivity index is 2.23. The van der Waals surface area contributed by atoms with E-state index in [1.54, 1.807) is 6.07 Å². The van der Waals surface area contributed by atoms with E-state index in [2.05, 4.69) is 15.9 Å². The summed E-state index contributed by atoms with van der Waals surface area (Å²) < 4.78 is 13.9. The lowest BCUT2D eigenvalue weighted by Gasteiger charge is -2.15. The first-order valence-electron chi connectivity index (χ1n) is 5.85. The quantitative estimate of drug-likeness (QED) is 0.846. The van der Waals surface area contributed by atoms with Gasteiger partial charge in [-0.15, -0.1) is 0 Å². The fraction of sp³-hybridized carbons (Fsp3) is 0.200. The number of aliphatic hydroxyl groups excluding tert-OH is 1. The van der Waals surface area contributed by atoms with Crippen molar-refractivity contribution < 1.29 is 9.50 Å². The Labute approximate surface area is 125 Å². The van der Waals surface area contributed by atoms with E-state index in [1.807, 2.05) is 25.1 Å².